The van der Waals surface area contributed by atoms with E-state index in [2.05, 4.69) is 10.3 Å². The Morgan fingerprint density at radius 1 is 1.62 bits per heavy atom. The normalized spacial score (nSPS) is 22.0. The third-order valence-electron chi connectivity index (χ3n) is 2.92. The summed E-state index contributed by atoms with van der Waals surface area (Å²) in [6, 6.07) is 3.92. The van der Waals surface area contributed by atoms with Crippen LogP contribution in [-0.4, -0.2) is 35.0 Å². The molecule has 2 amide bonds. The molecule has 0 radical (unpaired) electrons. The third kappa shape index (κ3) is 1.99. The van der Waals surface area contributed by atoms with Crippen LogP contribution in [-0.2, 0) is 0 Å². The first-order chi connectivity index (χ1) is 7.72. The zero-order valence-electron chi connectivity index (χ0n) is 9.26. The van der Waals surface area contributed by atoms with Gasteiger partial charge in [-0.1, -0.05) is 0 Å². The van der Waals surface area contributed by atoms with Gasteiger partial charge in [0.1, 0.15) is 0 Å². The molecule has 16 heavy (non-hydrogen) atoms. The predicted molar refractivity (Wildman–Crippen MR) is 60.7 cm³/mol. The molecule has 1 aromatic heterocycles. The number of urea groups is 1. The highest BCUT2D eigenvalue weighted by Crippen LogP contribution is 2.20. The summed E-state index contributed by atoms with van der Waals surface area (Å²) in [5.74, 6) is 0. The second kappa shape index (κ2) is 4.49. The Morgan fingerprint density at radius 2 is 2.31 bits per heavy atom. The number of amides is 2. The summed E-state index contributed by atoms with van der Waals surface area (Å²) in [7, 11) is 0. The molecule has 5 nitrogen and oxygen atoms in total. The second-order valence-corrected chi connectivity index (χ2v) is 4.02. The average Bonchev–Trinajstić information content (AvgIpc) is 2.71. The van der Waals surface area contributed by atoms with E-state index in [9.17, 15) is 4.79 Å². The Bertz CT molecular complexity index is 368. The summed E-state index contributed by atoms with van der Waals surface area (Å²) in [4.78, 5) is 17.4. The molecule has 1 saturated heterocycles. The van der Waals surface area contributed by atoms with Crippen molar-refractivity contribution in [2.75, 3.05) is 13.1 Å². The summed E-state index contributed by atoms with van der Waals surface area (Å²) >= 11 is 0. The molecule has 2 heterocycles. The topological polar surface area (TPSA) is 71.2 Å². The van der Waals surface area contributed by atoms with Crippen LogP contribution < -0.4 is 11.1 Å². The van der Waals surface area contributed by atoms with Crippen LogP contribution in [0.25, 0.3) is 0 Å². The lowest BCUT2D eigenvalue weighted by molar-refractivity contribution is 0.203. The molecule has 1 fully saturated rings. The Hall–Kier alpha value is -1.62. The van der Waals surface area contributed by atoms with Gasteiger partial charge < -0.3 is 16.0 Å². The Morgan fingerprint density at radius 3 is 2.94 bits per heavy atom. The van der Waals surface area contributed by atoms with E-state index in [1.165, 1.54) is 0 Å². The molecule has 0 saturated carbocycles. The molecule has 1 aliphatic heterocycles. The monoisotopic (exact) mass is 220 g/mol. The van der Waals surface area contributed by atoms with Gasteiger partial charge in [-0.05, 0) is 24.6 Å². The molecule has 3 N–H and O–H groups in total. The van der Waals surface area contributed by atoms with Crippen molar-refractivity contribution in [1.29, 1.82) is 0 Å². The zero-order valence-corrected chi connectivity index (χ0v) is 9.26. The van der Waals surface area contributed by atoms with E-state index < -0.39 is 0 Å². The molecule has 1 aliphatic rings. The van der Waals surface area contributed by atoms with Gasteiger partial charge in [-0.15, -0.1) is 0 Å². The number of nitrogens with one attached hydrogen (secondary N) is 1. The van der Waals surface area contributed by atoms with Crippen LogP contribution in [0.1, 0.15) is 18.5 Å². The highest BCUT2D eigenvalue weighted by Gasteiger charge is 2.31. The van der Waals surface area contributed by atoms with Gasteiger partial charge in [-0.25, -0.2) is 4.79 Å². The minimum Gasteiger partial charge on any atom is -0.329 e. The van der Waals surface area contributed by atoms with Gasteiger partial charge in [0.05, 0.1) is 6.04 Å². The summed E-state index contributed by atoms with van der Waals surface area (Å²) in [6.07, 6.45) is 3.47. The smallest absolute Gasteiger partial charge is 0.318 e. The lowest BCUT2D eigenvalue weighted by atomic mass is 10.1. The zero-order chi connectivity index (χ0) is 11.5. The van der Waals surface area contributed by atoms with Gasteiger partial charge in [0.25, 0.3) is 0 Å². The molecule has 1 aromatic rings. The van der Waals surface area contributed by atoms with Crippen molar-refractivity contribution < 1.29 is 4.79 Å². The van der Waals surface area contributed by atoms with Crippen molar-refractivity contribution in [3.63, 3.8) is 0 Å². The van der Waals surface area contributed by atoms with Gasteiger partial charge >= 0.3 is 6.03 Å². The maximum atomic E-state index is 11.7. The second-order valence-electron chi connectivity index (χ2n) is 4.02. The molecule has 0 bridgehead atoms. The first-order valence-corrected chi connectivity index (χ1v) is 5.39. The SMILES string of the molecule is CC(CN)N1CC(c2ccncc2)NC1=O. The molecular weight excluding hydrogens is 204 g/mol. The number of carbonyl (C=O) groups excluding carboxylic acids is 1. The van der Waals surface area contributed by atoms with Crippen molar-refractivity contribution in [2.45, 2.75) is 19.0 Å². The van der Waals surface area contributed by atoms with Crippen molar-refractivity contribution in [2.24, 2.45) is 5.73 Å². The van der Waals surface area contributed by atoms with Gasteiger partial charge in [-0.2, -0.15) is 0 Å². The molecule has 2 rings (SSSR count). The number of rotatable bonds is 3. The van der Waals surface area contributed by atoms with Crippen LogP contribution in [0.3, 0.4) is 0 Å². The van der Waals surface area contributed by atoms with E-state index in [1.54, 1.807) is 17.3 Å². The first kappa shape index (κ1) is 10.9. The van der Waals surface area contributed by atoms with Gasteiger partial charge in [0.15, 0.2) is 0 Å². The van der Waals surface area contributed by atoms with E-state index >= 15 is 0 Å². The van der Waals surface area contributed by atoms with Crippen LogP contribution in [0, 0.1) is 0 Å². The van der Waals surface area contributed by atoms with E-state index in [0.29, 0.717) is 13.1 Å². The van der Waals surface area contributed by atoms with E-state index in [4.69, 9.17) is 5.73 Å². The van der Waals surface area contributed by atoms with Gasteiger partial charge in [0, 0.05) is 31.5 Å². The largest absolute Gasteiger partial charge is 0.329 e. The quantitative estimate of drug-likeness (QED) is 0.779. The molecule has 0 aromatic carbocycles. The van der Waals surface area contributed by atoms with Gasteiger partial charge in [0.2, 0.25) is 0 Å². The minimum absolute atomic E-state index is 0.0419. The Kier molecular flexibility index (Phi) is 3.05. The maximum absolute atomic E-state index is 11.7. The maximum Gasteiger partial charge on any atom is 0.318 e. The Balaban J connectivity index is 2.10. The standard InChI is InChI=1S/C11H16N4O/c1-8(6-12)15-7-10(14-11(15)16)9-2-4-13-5-3-9/h2-5,8,10H,6-7,12H2,1H3,(H,14,16). The molecule has 2 atom stereocenters. The van der Waals surface area contributed by atoms with Crippen molar-refractivity contribution in [3.05, 3.63) is 30.1 Å². The molecule has 0 spiro atoms. The molecule has 0 aliphatic carbocycles. The van der Waals surface area contributed by atoms with E-state index in [0.717, 1.165) is 5.56 Å². The summed E-state index contributed by atoms with van der Waals surface area (Å²) in [6.45, 7) is 3.10. The molecule has 86 valence electrons. The number of aromatic nitrogens is 1. The fraction of sp³-hybridized carbons (Fsp3) is 0.455. The molecule has 2 unspecified atom stereocenters. The van der Waals surface area contributed by atoms with Crippen molar-refractivity contribution >= 4 is 6.03 Å². The summed E-state index contributed by atoms with van der Waals surface area (Å²) in [5.41, 5.74) is 6.65. The highest BCUT2D eigenvalue weighted by molar-refractivity contribution is 5.77. The van der Waals surface area contributed by atoms with Crippen LogP contribution in [0.2, 0.25) is 0 Å². The van der Waals surface area contributed by atoms with Crippen LogP contribution >= 0.6 is 0 Å². The van der Waals surface area contributed by atoms with Crippen LogP contribution in [0.15, 0.2) is 24.5 Å². The average molecular weight is 220 g/mol. The van der Waals surface area contributed by atoms with E-state index in [1.807, 2.05) is 19.1 Å². The fourth-order valence-corrected chi connectivity index (χ4v) is 1.85. The highest BCUT2D eigenvalue weighted by atomic mass is 16.2. The number of nitrogens with two attached hydrogens (primary N) is 1. The molecule has 5 heteroatoms. The number of hydrogen-bond donors (Lipinski definition) is 2. The lowest BCUT2D eigenvalue weighted by Gasteiger charge is -2.21. The summed E-state index contributed by atoms with van der Waals surface area (Å²) in [5, 5.41) is 2.94. The minimum atomic E-state index is -0.0419. The fourth-order valence-electron chi connectivity index (χ4n) is 1.85. The number of carbonyl (C=O) groups is 1. The van der Waals surface area contributed by atoms with Crippen molar-refractivity contribution in [3.8, 4) is 0 Å². The number of nitrogens with zero attached hydrogens (tertiary/aromatic N) is 2. The third-order valence-corrected chi connectivity index (χ3v) is 2.92. The first-order valence-electron chi connectivity index (χ1n) is 5.39. The summed E-state index contributed by atoms with van der Waals surface area (Å²) < 4.78 is 0. The van der Waals surface area contributed by atoms with Crippen molar-refractivity contribution in [1.82, 2.24) is 15.2 Å². The van der Waals surface area contributed by atoms with Crippen LogP contribution in [0.5, 0.6) is 0 Å². The lowest BCUT2D eigenvalue weighted by Crippen LogP contribution is -2.40. The molecular formula is C11H16N4O. The number of pyridine rings is 1. The van der Waals surface area contributed by atoms with Crippen LogP contribution in [0.4, 0.5) is 4.79 Å². The predicted octanol–water partition coefficient (Wildman–Crippen LogP) is 0.495. The van der Waals surface area contributed by atoms with Gasteiger partial charge in [-0.3, -0.25) is 4.98 Å². The van der Waals surface area contributed by atoms with E-state index in [-0.39, 0.29) is 18.1 Å². The Labute approximate surface area is 94.6 Å². The number of hydrogen-bond acceptors (Lipinski definition) is 3.